The lowest BCUT2D eigenvalue weighted by Crippen LogP contribution is -2.17. The molecule has 0 bridgehead atoms. The molecule has 0 aliphatic rings. The lowest BCUT2D eigenvalue weighted by molar-refractivity contribution is -0.116. The second kappa shape index (κ2) is 7.60. The summed E-state index contributed by atoms with van der Waals surface area (Å²) in [4.78, 5) is 17.1. The van der Waals surface area contributed by atoms with Crippen LogP contribution in [0, 0.1) is 11.6 Å². The van der Waals surface area contributed by atoms with Gasteiger partial charge in [0.2, 0.25) is 5.91 Å². The first-order valence-corrected chi connectivity index (χ1v) is 8.83. The van der Waals surface area contributed by atoms with Crippen molar-refractivity contribution in [1.82, 2.24) is 9.38 Å². The normalized spacial score (nSPS) is 12.1. The number of carbonyl (C=O) groups excluding carboxylic acids is 1. The third kappa shape index (κ3) is 3.76. The minimum Gasteiger partial charge on any atom is -0.326 e. The van der Waals surface area contributed by atoms with E-state index in [9.17, 15) is 13.6 Å². The molecule has 2 heterocycles. The van der Waals surface area contributed by atoms with Crippen molar-refractivity contribution in [3.8, 4) is 0 Å². The van der Waals surface area contributed by atoms with Crippen molar-refractivity contribution in [3.05, 3.63) is 102 Å². The number of fused-ring (bicyclic) bond motifs is 1. The largest absolute Gasteiger partial charge is 0.326 e. The van der Waals surface area contributed by atoms with Crippen LogP contribution in [0.5, 0.6) is 0 Å². The summed E-state index contributed by atoms with van der Waals surface area (Å²) in [7, 11) is 0. The molecule has 6 heteroatoms. The molecule has 2 aromatic heterocycles. The monoisotopic (exact) mass is 377 g/mol. The third-order valence-corrected chi connectivity index (χ3v) is 4.57. The maximum atomic E-state index is 13.8. The summed E-state index contributed by atoms with van der Waals surface area (Å²) in [5.41, 5.74) is 2.72. The molecule has 1 atom stereocenters. The van der Waals surface area contributed by atoms with E-state index in [1.165, 1.54) is 36.4 Å². The number of aromatic nitrogens is 2. The van der Waals surface area contributed by atoms with Crippen LogP contribution in [0.25, 0.3) is 5.65 Å². The van der Waals surface area contributed by atoms with E-state index in [0.29, 0.717) is 11.3 Å². The van der Waals surface area contributed by atoms with E-state index in [0.717, 1.165) is 11.3 Å². The standard InChI is InChI=1S/C22H17F2N3O/c23-16-7-9-18(10-8-16)26-22(28)13-19(15-4-3-5-17(24)12-15)20-14-25-21-6-1-2-11-27(20)21/h1-12,14,19H,13H2,(H,26,28). The van der Waals surface area contributed by atoms with Gasteiger partial charge >= 0.3 is 0 Å². The maximum absolute atomic E-state index is 13.8. The fraction of sp³-hybridized carbons (Fsp3) is 0.0909. The van der Waals surface area contributed by atoms with Crippen molar-refractivity contribution < 1.29 is 13.6 Å². The van der Waals surface area contributed by atoms with Crippen LogP contribution >= 0.6 is 0 Å². The van der Waals surface area contributed by atoms with Gasteiger partial charge in [-0.1, -0.05) is 18.2 Å². The Morgan fingerprint density at radius 1 is 1.00 bits per heavy atom. The van der Waals surface area contributed by atoms with E-state index in [1.54, 1.807) is 18.3 Å². The number of nitrogens with one attached hydrogen (secondary N) is 1. The number of pyridine rings is 1. The fourth-order valence-electron chi connectivity index (χ4n) is 3.26. The Hall–Kier alpha value is -3.54. The van der Waals surface area contributed by atoms with Gasteiger partial charge < -0.3 is 9.72 Å². The highest BCUT2D eigenvalue weighted by atomic mass is 19.1. The number of amides is 1. The molecule has 28 heavy (non-hydrogen) atoms. The van der Waals surface area contributed by atoms with Gasteiger partial charge in [-0.15, -0.1) is 0 Å². The first kappa shape index (κ1) is 17.9. The molecule has 4 rings (SSSR count). The summed E-state index contributed by atoms with van der Waals surface area (Å²) in [6.45, 7) is 0. The maximum Gasteiger partial charge on any atom is 0.225 e. The zero-order valence-electron chi connectivity index (χ0n) is 14.8. The molecule has 0 saturated carbocycles. The average molecular weight is 377 g/mol. The van der Waals surface area contributed by atoms with E-state index < -0.39 is 5.92 Å². The number of rotatable bonds is 5. The Morgan fingerprint density at radius 3 is 2.61 bits per heavy atom. The zero-order chi connectivity index (χ0) is 19.5. The van der Waals surface area contributed by atoms with Gasteiger partial charge in [-0.05, 0) is 54.1 Å². The zero-order valence-corrected chi connectivity index (χ0v) is 14.8. The molecule has 4 nitrogen and oxygen atoms in total. The van der Waals surface area contributed by atoms with E-state index in [2.05, 4.69) is 10.3 Å². The van der Waals surface area contributed by atoms with Crippen molar-refractivity contribution >= 4 is 17.2 Å². The van der Waals surface area contributed by atoms with Gasteiger partial charge in [0, 0.05) is 30.4 Å². The molecule has 0 radical (unpaired) electrons. The molecule has 0 aliphatic carbocycles. The second-order valence-electron chi connectivity index (χ2n) is 6.48. The number of imidazole rings is 1. The van der Waals surface area contributed by atoms with Crippen LogP contribution < -0.4 is 5.32 Å². The van der Waals surface area contributed by atoms with Crippen molar-refractivity contribution in [1.29, 1.82) is 0 Å². The van der Waals surface area contributed by atoms with Gasteiger partial charge in [0.25, 0.3) is 0 Å². The van der Waals surface area contributed by atoms with E-state index in [-0.39, 0.29) is 24.0 Å². The molecule has 1 unspecified atom stereocenters. The first-order chi connectivity index (χ1) is 13.6. The lowest BCUT2D eigenvalue weighted by atomic mass is 9.92. The average Bonchev–Trinajstić information content (AvgIpc) is 3.12. The highest BCUT2D eigenvalue weighted by Crippen LogP contribution is 2.29. The topological polar surface area (TPSA) is 46.4 Å². The summed E-state index contributed by atoms with van der Waals surface area (Å²) in [5.74, 6) is -1.39. The number of hydrogen-bond acceptors (Lipinski definition) is 2. The summed E-state index contributed by atoms with van der Waals surface area (Å²) in [5, 5.41) is 2.76. The number of benzene rings is 2. The van der Waals surface area contributed by atoms with Crippen molar-refractivity contribution in [2.24, 2.45) is 0 Å². The molecule has 2 aromatic carbocycles. The van der Waals surface area contributed by atoms with E-state index in [4.69, 9.17) is 0 Å². The van der Waals surface area contributed by atoms with Gasteiger partial charge in [0.1, 0.15) is 17.3 Å². The van der Waals surface area contributed by atoms with Gasteiger partial charge in [0.05, 0.1) is 5.69 Å². The van der Waals surface area contributed by atoms with Gasteiger partial charge in [0.15, 0.2) is 0 Å². The number of nitrogens with zero attached hydrogens (tertiary/aromatic N) is 2. The minimum absolute atomic E-state index is 0.0868. The number of halogens is 2. The molecular formula is C22H17F2N3O. The van der Waals surface area contributed by atoms with Crippen LogP contribution in [-0.2, 0) is 4.79 Å². The summed E-state index contributed by atoms with van der Waals surface area (Å²) < 4.78 is 28.8. The molecule has 0 fully saturated rings. The third-order valence-electron chi connectivity index (χ3n) is 4.57. The Morgan fingerprint density at radius 2 is 1.82 bits per heavy atom. The molecule has 0 aliphatic heterocycles. The van der Waals surface area contributed by atoms with E-state index in [1.807, 2.05) is 28.8 Å². The molecule has 1 N–H and O–H groups in total. The van der Waals surface area contributed by atoms with Crippen LogP contribution in [0.4, 0.5) is 14.5 Å². The molecular weight excluding hydrogens is 360 g/mol. The lowest BCUT2D eigenvalue weighted by Gasteiger charge is -2.17. The Balaban J connectivity index is 1.67. The van der Waals surface area contributed by atoms with Crippen LogP contribution in [0.3, 0.4) is 0 Å². The highest BCUT2D eigenvalue weighted by molar-refractivity contribution is 5.91. The van der Waals surface area contributed by atoms with Gasteiger partial charge in [-0.2, -0.15) is 0 Å². The molecule has 4 aromatic rings. The number of carbonyl (C=O) groups is 1. The molecule has 140 valence electrons. The van der Waals surface area contributed by atoms with Gasteiger partial charge in [-0.3, -0.25) is 4.79 Å². The summed E-state index contributed by atoms with van der Waals surface area (Å²) >= 11 is 0. The van der Waals surface area contributed by atoms with Gasteiger partial charge in [-0.25, -0.2) is 13.8 Å². The van der Waals surface area contributed by atoms with Crippen LogP contribution in [0.1, 0.15) is 23.6 Å². The van der Waals surface area contributed by atoms with Crippen molar-refractivity contribution in [2.45, 2.75) is 12.3 Å². The summed E-state index contributed by atoms with van der Waals surface area (Å²) in [6, 6.07) is 17.4. The predicted octanol–water partition coefficient (Wildman–Crippen LogP) is 4.77. The van der Waals surface area contributed by atoms with Crippen molar-refractivity contribution in [2.75, 3.05) is 5.32 Å². The first-order valence-electron chi connectivity index (χ1n) is 8.83. The molecule has 0 saturated heterocycles. The van der Waals surface area contributed by atoms with E-state index >= 15 is 0 Å². The SMILES string of the molecule is O=C(CC(c1cccc(F)c1)c1cnc2ccccn12)Nc1ccc(F)cc1. The van der Waals surface area contributed by atoms with Crippen LogP contribution in [-0.4, -0.2) is 15.3 Å². The Bertz CT molecular complexity index is 1120. The van der Waals surface area contributed by atoms with Crippen LogP contribution in [0.15, 0.2) is 79.1 Å². The second-order valence-corrected chi connectivity index (χ2v) is 6.48. The fourth-order valence-corrected chi connectivity index (χ4v) is 3.26. The molecule has 0 spiro atoms. The number of hydrogen-bond donors (Lipinski definition) is 1. The Kier molecular flexibility index (Phi) is 4.85. The molecule has 1 amide bonds. The highest BCUT2D eigenvalue weighted by Gasteiger charge is 2.22. The summed E-state index contributed by atoms with van der Waals surface area (Å²) in [6.07, 6.45) is 3.65. The quantitative estimate of drug-likeness (QED) is 0.544. The number of anilines is 1. The Labute approximate surface area is 160 Å². The van der Waals surface area contributed by atoms with Crippen LogP contribution in [0.2, 0.25) is 0 Å². The van der Waals surface area contributed by atoms with Crippen molar-refractivity contribution in [3.63, 3.8) is 0 Å². The predicted molar refractivity (Wildman–Crippen MR) is 103 cm³/mol. The smallest absolute Gasteiger partial charge is 0.225 e. The minimum atomic E-state index is -0.395.